The van der Waals surface area contributed by atoms with E-state index in [0.717, 1.165) is 55.8 Å². The number of benzene rings is 1. The highest BCUT2D eigenvalue weighted by atomic mass is 35.5. The zero-order valence-corrected chi connectivity index (χ0v) is 16.4. The van der Waals surface area contributed by atoms with Crippen LogP contribution in [0.2, 0.25) is 5.02 Å². The molecule has 26 heavy (non-hydrogen) atoms. The lowest BCUT2D eigenvalue weighted by molar-refractivity contribution is -0.126. The summed E-state index contributed by atoms with van der Waals surface area (Å²) in [5.41, 5.74) is 0.704. The van der Waals surface area contributed by atoms with Crippen molar-refractivity contribution in [2.24, 2.45) is 0 Å². The van der Waals surface area contributed by atoms with E-state index in [1.807, 2.05) is 35.8 Å². The molecular formula is C20H24ClN3OS. The molecule has 1 aromatic heterocycles. The third-order valence-electron chi connectivity index (χ3n) is 5.83. The molecule has 1 N–H and O–H groups in total. The van der Waals surface area contributed by atoms with Gasteiger partial charge in [0.2, 0.25) is 5.91 Å². The second kappa shape index (κ2) is 7.57. The summed E-state index contributed by atoms with van der Waals surface area (Å²) in [6.45, 7) is 1.71. The molecule has 138 valence electrons. The van der Waals surface area contributed by atoms with Gasteiger partial charge in [-0.25, -0.2) is 4.98 Å². The van der Waals surface area contributed by atoms with Crippen LogP contribution in [0.15, 0.2) is 35.8 Å². The second-order valence-electron chi connectivity index (χ2n) is 7.31. The van der Waals surface area contributed by atoms with E-state index < -0.39 is 5.41 Å². The maximum atomic E-state index is 13.2. The van der Waals surface area contributed by atoms with E-state index in [0.29, 0.717) is 17.6 Å². The van der Waals surface area contributed by atoms with E-state index in [2.05, 4.69) is 15.2 Å². The molecule has 1 aliphatic heterocycles. The van der Waals surface area contributed by atoms with Crippen molar-refractivity contribution in [1.82, 2.24) is 10.3 Å². The van der Waals surface area contributed by atoms with Gasteiger partial charge < -0.3 is 10.2 Å². The van der Waals surface area contributed by atoms with Gasteiger partial charge in [-0.15, -0.1) is 11.3 Å². The number of hydrogen-bond acceptors (Lipinski definition) is 4. The standard InChI is InChI=1S/C20H24ClN3OS/c21-16-7-5-15(6-8-16)20(9-1-2-10-20)18(25)23-14-17-4-3-12-24(17)19-22-11-13-26-19/h5-8,11,13,17H,1-4,9-10,12,14H2,(H,23,25). The summed E-state index contributed by atoms with van der Waals surface area (Å²) in [5.74, 6) is 0.170. The zero-order chi connectivity index (χ0) is 18.0. The number of thiazole rings is 1. The molecule has 1 amide bonds. The van der Waals surface area contributed by atoms with E-state index in [4.69, 9.17) is 11.6 Å². The van der Waals surface area contributed by atoms with Crippen molar-refractivity contribution < 1.29 is 4.79 Å². The normalized spacial score (nSPS) is 21.9. The number of amides is 1. The summed E-state index contributed by atoms with van der Waals surface area (Å²) in [6.07, 6.45) is 8.15. The number of nitrogens with one attached hydrogen (secondary N) is 1. The van der Waals surface area contributed by atoms with Gasteiger partial charge in [0.05, 0.1) is 5.41 Å². The summed E-state index contributed by atoms with van der Waals surface area (Å²) in [6, 6.07) is 8.17. The van der Waals surface area contributed by atoms with Gasteiger partial charge in [0.25, 0.3) is 0 Å². The van der Waals surface area contributed by atoms with Crippen molar-refractivity contribution in [3.63, 3.8) is 0 Å². The summed E-state index contributed by atoms with van der Waals surface area (Å²) in [4.78, 5) is 20.0. The maximum Gasteiger partial charge on any atom is 0.230 e. The van der Waals surface area contributed by atoms with Gasteiger partial charge in [-0.1, -0.05) is 36.6 Å². The van der Waals surface area contributed by atoms with Crippen molar-refractivity contribution in [1.29, 1.82) is 0 Å². The molecule has 0 bridgehead atoms. The van der Waals surface area contributed by atoms with Crippen LogP contribution in [0.5, 0.6) is 0 Å². The summed E-state index contributed by atoms with van der Waals surface area (Å²) in [7, 11) is 0. The Morgan fingerprint density at radius 2 is 2.04 bits per heavy atom. The number of anilines is 1. The molecular weight excluding hydrogens is 366 g/mol. The van der Waals surface area contributed by atoms with Gasteiger partial charge in [-0.05, 0) is 43.4 Å². The first-order valence-electron chi connectivity index (χ1n) is 9.39. The summed E-state index contributed by atoms with van der Waals surface area (Å²) >= 11 is 7.72. The molecule has 6 heteroatoms. The van der Waals surface area contributed by atoms with Crippen molar-refractivity contribution >= 4 is 34.0 Å². The first kappa shape index (κ1) is 17.8. The average Bonchev–Trinajstić information content (AvgIpc) is 3.41. The Labute approximate surface area is 163 Å². The van der Waals surface area contributed by atoms with Gasteiger partial charge in [-0.2, -0.15) is 0 Å². The van der Waals surface area contributed by atoms with Gasteiger partial charge in [0, 0.05) is 35.7 Å². The fraction of sp³-hybridized carbons (Fsp3) is 0.500. The van der Waals surface area contributed by atoms with E-state index in [1.54, 1.807) is 11.3 Å². The first-order valence-corrected chi connectivity index (χ1v) is 10.7. The number of nitrogens with zero attached hydrogens (tertiary/aromatic N) is 2. The predicted molar refractivity (Wildman–Crippen MR) is 107 cm³/mol. The van der Waals surface area contributed by atoms with Gasteiger partial charge in [0.1, 0.15) is 0 Å². The molecule has 2 fully saturated rings. The van der Waals surface area contributed by atoms with Crippen LogP contribution in [0, 0.1) is 0 Å². The highest BCUT2D eigenvalue weighted by molar-refractivity contribution is 7.13. The molecule has 0 spiro atoms. The number of halogens is 1. The van der Waals surface area contributed by atoms with Gasteiger partial charge in [-0.3, -0.25) is 4.79 Å². The van der Waals surface area contributed by atoms with E-state index in [9.17, 15) is 4.79 Å². The van der Waals surface area contributed by atoms with E-state index >= 15 is 0 Å². The van der Waals surface area contributed by atoms with Gasteiger partial charge >= 0.3 is 0 Å². The predicted octanol–water partition coefficient (Wildman–Crippen LogP) is 4.39. The monoisotopic (exact) mass is 389 g/mol. The molecule has 4 rings (SSSR count). The van der Waals surface area contributed by atoms with Crippen LogP contribution in [-0.2, 0) is 10.2 Å². The first-order chi connectivity index (χ1) is 12.7. The lowest BCUT2D eigenvalue weighted by Crippen LogP contribution is -2.47. The van der Waals surface area contributed by atoms with E-state index in [1.165, 1.54) is 0 Å². The van der Waals surface area contributed by atoms with Crippen LogP contribution in [0.25, 0.3) is 0 Å². The van der Waals surface area contributed by atoms with Crippen LogP contribution in [-0.4, -0.2) is 30.0 Å². The molecule has 2 heterocycles. The maximum absolute atomic E-state index is 13.2. The summed E-state index contributed by atoms with van der Waals surface area (Å²) < 4.78 is 0. The number of rotatable bonds is 5. The molecule has 0 radical (unpaired) electrons. The third-order valence-corrected chi connectivity index (χ3v) is 6.89. The molecule has 1 aliphatic carbocycles. The minimum absolute atomic E-state index is 0.170. The van der Waals surface area contributed by atoms with Crippen LogP contribution < -0.4 is 10.2 Å². The molecule has 1 unspecified atom stereocenters. The topological polar surface area (TPSA) is 45.2 Å². The van der Waals surface area contributed by atoms with Crippen LogP contribution in [0.3, 0.4) is 0 Å². The average molecular weight is 390 g/mol. The number of carbonyl (C=O) groups is 1. The molecule has 1 atom stereocenters. The molecule has 2 aliphatic rings. The number of hydrogen-bond donors (Lipinski definition) is 1. The Bertz CT molecular complexity index is 741. The Hall–Kier alpha value is -1.59. The van der Waals surface area contributed by atoms with Crippen LogP contribution >= 0.6 is 22.9 Å². The smallest absolute Gasteiger partial charge is 0.230 e. The minimum Gasteiger partial charge on any atom is -0.353 e. The minimum atomic E-state index is -0.394. The largest absolute Gasteiger partial charge is 0.353 e. The molecule has 1 saturated carbocycles. The Morgan fingerprint density at radius 3 is 2.73 bits per heavy atom. The number of aromatic nitrogens is 1. The third kappa shape index (κ3) is 3.35. The lowest BCUT2D eigenvalue weighted by atomic mass is 9.78. The molecule has 2 aromatic rings. The zero-order valence-electron chi connectivity index (χ0n) is 14.8. The van der Waals surface area contributed by atoms with Crippen molar-refractivity contribution in [3.8, 4) is 0 Å². The lowest BCUT2D eigenvalue weighted by Gasteiger charge is -2.30. The molecule has 1 aromatic carbocycles. The molecule has 1 saturated heterocycles. The van der Waals surface area contributed by atoms with Gasteiger partial charge in [0.15, 0.2) is 5.13 Å². The highest BCUT2D eigenvalue weighted by Crippen LogP contribution is 2.41. The SMILES string of the molecule is O=C(NCC1CCCN1c1nccs1)C1(c2ccc(Cl)cc2)CCCC1. The fourth-order valence-corrected chi connectivity index (χ4v) is 5.30. The Balaban J connectivity index is 1.46. The number of carbonyl (C=O) groups excluding carboxylic acids is 1. The Kier molecular flexibility index (Phi) is 5.18. The van der Waals surface area contributed by atoms with Crippen LogP contribution in [0.4, 0.5) is 5.13 Å². The quantitative estimate of drug-likeness (QED) is 0.824. The summed E-state index contributed by atoms with van der Waals surface area (Å²) in [5, 5.41) is 7.07. The van der Waals surface area contributed by atoms with Crippen molar-refractivity contribution in [2.45, 2.75) is 50.0 Å². The van der Waals surface area contributed by atoms with Crippen molar-refractivity contribution in [2.75, 3.05) is 18.0 Å². The highest BCUT2D eigenvalue weighted by Gasteiger charge is 2.43. The van der Waals surface area contributed by atoms with E-state index in [-0.39, 0.29) is 5.91 Å². The van der Waals surface area contributed by atoms with Crippen molar-refractivity contribution in [3.05, 3.63) is 46.4 Å². The Morgan fingerprint density at radius 1 is 1.27 bits per heavy atom. The fourth-order valence-electron chi connectivity index (χ4n) is 4.43. The van der Waals surface area contributed by atoms with Crippen LogP contribution in [0.1, 0.15) is 44.1 Å². The molecule has 4 nitrogen and oxygen atoms in total. The second-order valence-corrected chi connectivity index (χ2v) is 8.62.